The molecule has 0 saturated carbocycles. The fraction of sp³-hybridized carbons (Fsp3) is 0.600. The number of unbranched alkanes of at least 4 members (excludes halogenated alkanes) is 2. The summed E-state index contributed by atoms with van der Waals surface area (Å²) in [5.41, 5.74) is 1.25. The van der Waals surface area contributed by atoms with E-state index in [0.29, 0.717) is 0 Å². The molecule has 0 radical (unpaired) electrons. The third kappa shape index (κ3) is 5.73. The highest BCUT2D eigenvalue weighted by molar-refractivity contribution is 5.33. The summed E-state index contributed by atoms with van der Waals surface area (Å²) < 4.78 is 5.78. The minimum absolute atomic E-state index is 0.233. The topological polar surface area (TPSA) is 21.3 Å². The van der Waals surface area contributed by atoms with E-state index < -0.39 is 0 Å². The van der Waals surface area contributed by atoms with E-state index >= 15 is 0 Å². The van der Waals surface area contributed by atoms with Gasteiger partial charge in [0.05, 0.1) is 6.10 Å². The molecule has 2 nitrogen and oxygen atoms in total. The van der Waals surface area contributed by atoms with E-state index in [1.54, 1.807) is 0 Å². The summed E-state index contributed by atoms with van der Waals surface area (Å²) in [4.78, 5) is 0. The highest BCUT2D eigenvalue weighted by Crippen LogP contribution is 2.18. The van der Waals surface area contributed by atoms with Gasteiger partial charge >= 0.3 is 0 Å². The van der Waals surface area contributed by atoms with Gasteiger partial charge in [0, 0.05) is 12.1 Å². The van der Waals surface area contributed by atoms with Gasteiger partial charge in [-0.1, -0.05) is 38.0 Å². The maximum Gasteiger partial charge on any atom is 0.124 e. The van der Waals surface area contributed by atoms with Gasteiger partial charge < -0.3 is 10.1 Å². The minimum atomic E-state index is 0.233. The second-order valence-electron chi connectivity index (χ2n) is 4.66. The third-order valence-electron chi connectivity index (χ3n) is 2.61. The molecule has 0 amide bonds. The molecule has 1 aromatic carbocycles. The highest BCUT2D eigenvalue weighted by atomic mass is 16.5. The predicted molar refractivity (Wildman–Crippen MR) is 73.4 cm³/mol. The third-order valence-corrected chi connectivity index (χ3v) is 2.61. The molecule has 0 saturated heterocycles. The first-order chi connectivity index (χ1) is 8.24. The average Bonchev–Trinajstić information content (AvgIpc) is 2.30. The van der Waals surface area contributed by atoms with E-state index in [1.807, 2.05) is 12.1 Å². The molecule has 0 spiro atoms. The second-order valence-corrected chi connectivity index (χ2v) is 4.66. The summed E-state index contributed by atoms with van der Waals surface area (Å²) >= 11 is 0. The fourth-order valence-electron chi connectivity index (χ4n) is 1.74. The molecule has 96 valence electrons. The number of hydrogen-bond acceptors (Lipinski definition) is 2. The maximum absolute atomic E-state index is 5.78. The molecule has 0 atom stereocenters. The van der Waals surface area contributed by atoms with Crippen molar-refractivity contribution >= 4 is 0 Å². The van der Waals surface area contributed by atoms with Crippen molar-refractivity contribution in [2.75, 3.05) is 6.54 Å². The van der Waals surface area contributed by atoms with Gasteiger partial charge in [-0.15, -0.1) is 0 Å². The molecular formula is C15H25NO. The van der Waals surface area contributed by atoms with Crippen LogP contribution < -0.4 is 10.1 Å². The predicted octanol–water partition coefficient (Wildman–Crippen LogP) is 3.75. The Labute approximate surface area is 105 Å². The van der Waals surface area contributed by atoms with Crippen molar-refractivity contribution in [3.63, 3.8) is 0 Å². The van der Waals surface area contributed by atoms with Crippen molar-refractivity contribution in [2.45, 2.75) is 52.7 Å². The Hall–Kier alpha value is -1.02. The zero-order valence-corrected chi connectivity index (χ0v) is 11.3. The maximum atomic E-state index is 5.78. The molecule has 0 aliphatic rings. The molecule has 0 bridgehead atoms. The summed E-state index contributed by atoms with van der Waals surface area (Å²) in [5.74, 6) is 1.01. The summed E-state index contributed by atoms with van der Waals surface area (Å²) in [6.45, 7) is 8.33. The smallest absolute Gasteiger partial charge is 0.124 e. The first kappa shape index (κ1) is 14.0. The normalized spacial score (nSPS) is 10.8. The lowest BCUT2D eigenvalue weighted by atomic mass is 10.2. The number of rotatable bonds is 8. The van der Waals surface area contributed by atoms with Crippen LogP contribution >= 0.6 is 0 Å². The second kappa shape index (κ2) is 8.13. The Morgan fingerprint density at radius 2 is 1.94 bits per heavy atom. The lowest BCUT2D eigenvalue weighted by Crippen LogP contribution is -2.16. The lowest BCUT2D eigenvalue weighted by molar-refractivity contribution is 0.239. The molecule has 1 rings (SSSR count). The summed E-state index contributed by atoms with van der Waals surface area (Å²) in [6, 6.07) is 8.27. The van der Waals surface area contributed by atoms with Crippen LogP contribution in [0.15, 0.2) is 24.3 Å². The summed E-state index contributed by atoms with van der Waals surface area (Å²) in [5, 5.41) is 3.47. The van der Waals surface area contributed by atoms with Gasteiger partial charge in [0.15, 0.2) is 0 Å². The first-order valence-electron chi connectivity index (χ1n) is 6.69. The van der Waals surface area contributed by atoms with Gasteiger partial charge in [-0.2, -0.15) is 0 Å². The molecular weight excluding hydrogens is 210 g/mol. The van der Waals surface area contributed by atoms with Crippen LogP contribution in [0.4, 0.5) is 0 Å². The molecule has 0 aromatic heterocycles. The SMILES string of the molecule is CCCCCNCc1ccccc1OC(C)C. The number of hydrogen-bond donors (Lipinski definition) is 1. The highest BCUT2D eigenvalue weighted by Gasteiger charge is 2.03. The van der Waals surface area contributed by atoms with Gasteiger partial charge in [-0.3, -0.25) is 0 Å². The van der Waals surface area contributed by atoms with E-state index in [2.05, 4.69) is 38.2 Å². The van der Waals surface area contributed by atoms with Crippen molar-refractivity contribution in [3.8, 4) is 5.75 Å². The molecule has 1 N–H and O–H groups in total. The molecule has 1 aromatic rings. The van der Waals surface area contributed by atoms with E-state index in [-0.39, 0.29) is 6.10 Å². The lowest BCUT2D eigenvalue weighted by Gasteiger charge is -2.14. The van der Waals surface area contributed by atoms with Crippen molar-refractivity contribution in [1.29, 1.82) is 0 Å². The molecule has 0 aliphatic heterocycles. The van der Waals surface area contributed by atoms with Gasteiger partial charge in [0.25, 0.3) is 0 Å². The molecule has 2 heteroatoms. The number of para-hydroxylation sites is 1. The van der Waals surface area contributed by atoms with E-state index in [1.165, 1.54) is 24.8 Å². The van der Waals surface area contributed by atoms with Crippen molar-refractivity contribution in [3.05, 3.63) is 29.8 Å². The van der Waals surface area contributed by atoms with Crippen LogP contribution in [0.1, 0.15) is 45.6 Å². The first-order valence-corrected chi connectivity index (χ1v) is 6.69. The molecule has 0 heterocycles. The molecule has 0 aliphatic carbocycles. The minimum Gasteiger partial charge on any atom is -0.491 e. The fourth-order valence-corrected chi connectivity index (χ4v) is 1.74. The quantitative estimate of drug-likeness (QED) is 0.693. The van der Waals surface area contributed by atoms with Crippen molar-refractivity contribution in [1.82, 2.24) is 5.32 Å². The van der Waals surface area contributed by atoms with Crippen LogP contribution in [0.2, 0.25) is 0 Å². The zero-order chi connectivity index (χ0) is 12.5. The Kier molecular flexibility index (Phi) is 6.71. The van der Waals surface area contributed by atoms with Gasteiger partial charge in [-0.25, -0.2) is 0 Å². The van der Waals surface area contributed by atoms with Crippen LogP contribution in [-0.4, -0.2) is 12.6 Å². The van der Waals surface area contributed by atoms with Crippen LogP contribution in [-0.2, 0) is 6.54 Å². The van der Waals surface area contributed by atoms with Crippen molar-refractivity contribution in [2.24, 2.45) is 0 Å². The standard InChI is InChI=1S/C15H25NO/c1-4-5-8-11-16-12-14-9-6-7-10-15(14)17-13(2)3/h6-7,9-10,13,16H,4-5,8,11-12H2,1-3H3. The number of ether oxygens (including phenoxy) is 1. The number of nitrogens with one attached hydrogen (secondary N) is 1. The van der Waals surface area contributed by atoms with Gasteiger partial charge in [0.2, 0.25) is 0 Å². The average molecular weight is 235 g/mol. The van der Waals surface area contributed by atoms with Gasteiger partial charge in [0.1, 0.15) is 5.75 Å². The van der Waals surface area contributed by atoms with E-state index in [0.717, 1.165) is 18.8 Å². The molecule has 17 heavy (non-hydrogen) atoms. The monoisotopic (exact) mass is 235 g/mol. The Morgan fingerprint density at radius 1 is 1.18 bits per heavy atom. The molecule has 0 unspecified atom stereocenters. The van der Waals surface area contributed by atoms with E-state index in [9.17, 15) is 0 Å². The van der Waals surface area contributed by atoms with E-state index in [4.69, 9.17) is 4.74 Å². The largest absolute Gasteiger partial charge is 0.491 e. The Morgan fingerprint density at radius 3 is 2.65 bits per heavy atom. The molecule has 0 fully saturated rings. The van der Waals surface area contributed by atoms with Crippen molar-refractivity contribution < 1.29 is 4.74 Å². The Balaban J connectivity index is 2.40. The van der Waals surface area contributed by atoms with Gasteiger partial charge in [-0.05, 0) is 32.9 Å². The van der Waals surface area contributed by atoms with Crippen LogP contribution in [0.5, 0.6) is 5.75 Å². The summed E-state index contributed by atoms with van der Waals surface area (Å²) in [6.07, 6.45) is 4.06. The Bertz CT molecular complexity index is 310. The van der Waals surface area contributed by atoms with Crippen LogP contribution in [0.25, 0.3) is 0 Å². The number of benzene rings is 1. The van der Waals surface area contributed by atoms with Crippen LogP contribution in [0, 0.1) is 0 Å². The van der Waals surface area contributed by atoms with Crippen LogP contribution in [0.3, 0.4) is 0 Å². The summed E-state index contributed by atoms with van der Waals surface area (Å²) in [7, 11) is 0. The zero-order valence-electron chi connectivity index (χ0n) is 11.3.